The summed E-state index contributed by atoms with van der Waals surface area (Å²) in [4.78, 5) is 21.7. The summed E-state index contributed by atoms with van der Waals surface area (Å²) in [5.74, 6) is -1.05. The molecule has 0 aliphatic heterocycles. The van der Waals surface area contributed by atoms with Crippen LogP contribution in [0.2, 0.25) is 0 Å². The van der Waals surface area contributed by atoms with Gasteiger partial charge in [0.25, 0.3) is 0 Å². The van der Waals surface area contributed by atoms with Crippen molar-refractivity contribution >= 4 is 11.8 Å². The van der Waals surface area contributed by atoms with E-state index in [4.69, 9.17) is 11.5 Å². The van der Waals surface area contributed by atoms with E-state index in [1.165, 1.54) is 0 Å². The van der Waals surface area contributed by atoms with E-state index in [-0.39, 0.29) is 18.9 Å². The number of aliphatic hydroxyl groups excluding tert-OH is 1. The number of aliphatic hydroxyl groups is 1. The molecule has 0 rings (SSSR count). The van der Waals surface area contributed by atoms with Crippen LogP contribution in [0.3, 0.4) is 0 Å². The van der Waals surface area contributed by atoms with Gasteiger partial charge in [0.1, 0.15) is 0 Å². The topological polar surface area (TPSA) is 118 Å². The minimum Gasteiger partial charge on any atom is -0.391 e. The van der Waals surface area contributed by atoms with E-state index in [9.17, 15) is 14.7 Å². The van der Waals surface area contributed by atoms with Crippen molar-refractivity contribution in [1.82, 2.24) is 5.32 Å². The van der Waals surface area contributed by atoms with Crippen molar-refractivity contribution in [2.75, 3.05) is 6.54 Å². The van der Waals surface area contributed by atoms with Crippen molar-refractivity contribution in [2.24, 2.45) is 17.4 Å². The Morgan fingerprint density at radius 2 is 1.93 bits per heavy atom. The Hall–Kier alpha value is -1.14. The highest BCUT2D eigenvalue weighted by molar-refractivity contribution is 5.87. The first-order valence-electron chi connectivity index (χ1n) is 4.84. The molecule has 88 valence electrons. The highest BCUT2D eigenvalue weighted by atomic mass is 16.3. The van der Waals surface area contributed by atoms with E-state index in [1.807, 2.05) is 13.8 Å². The molecule has 0 aliphatic rings. The molecule has 2 unspecified atom stereocenters. The van der Waals surface area contributed by atoms with Crippen molar-refractivity contribution in [3.63, 3.8) is 0 Å². The van der Waals surface area contributed by atoms with Crippen LogP contribution in [-0.2, 0) is 9.59 Å². The molecule has 0 aromatic rings. The second kappa shape index (κ2) is 6.36. The Balaban J connectivity index is 3.88. The average Bonchev–Trinajstić information content (AvgIpc) is 2.12. The SMILES string of the molecule is CC(C)C(O)CNC(=O)C(N)CC(N)=O. The molecule has 0 spiro atoms. The molecule has 2 amide bonds. The van der Waals surface area contributed by atoms with E-state index in [1.54, 1.807) is 0 Å². The number of hydrogen-bond donors (Lipinski definition) is 4. The van der Waals surface area contributed by atoms with Crippen molar-refractivity contribution in [1.29, 1.82) is 0 Å². The summed E-state index contributed by atoms with van der Waals surface area (Å²) in [6.45, 7) is 3.79. The third-order valence-electron chi connectivity index (χ3n) is 2.01. The maximum Gasteiger partial charge on any atom is 0.237 e. The Kier molecular flexibility index (Phi) is 5.88. The lowest BCUT2D eigenvalue weighted by molar-refractivity contribution is -0.126. The molecule has 0 saturated heterocycles. The number of carbonyl (C=O) groups excluding carboxylic acids is 2. The molecule has 0 saturated carbocycles. The van der Waals surface area contributed by atoms with Crippen LogP contribution in [0.15, 0.2) is 0 Å². The van der Waals surface area contributed by atoms with Crippen molar-refractivity contribution in [2.45, 2.75) is 32.4 Å². The van der Waals surface area contributed by atoms with Crippen molar-refractivity contribution in [3.8, 4) is 0 Å². The summed E-state index contributed by atoms with van der Waals surface area (Å²) in [6, 6.07) is -0.943. The van der Waals surface area contributed by atoms with Crippen LogP contribution in [0.1, 0.15) is 20.3 Å². The third-order valence-corrected chi connectivity index (χ3v) is 2.01. The largest absolute Gasteiger partial charge is 0.391 e. The third kappa shape index (κ3) is 6.03. The first-order chi connectivity index (χ1) is 6.84. The molecule has 0 fully saturated rings. The molecular weight excluding hydrogens is 198 g/mol. The monoisotopic (exact) mass is 217 g/mol. The number of nitrogens with one attached hydrogen (secondary N) is 1. The fourth-order valence-electron chi connectivity index (χ4n) is 0.881. The second-order valence-electron chi connectivity index (χ2n) is 3.83. The van der Waals surface area contributed by atoms with Crippen LogP contribution in [0.25, 0.3) is 0 Å². The zero-order chi connectivity index (χ0) is 12.0. The molecule has 0 bridgehead atoms. The second-order valence-corrected chi connectivity index (χ2v) is 3.83. The smallest absolute Gasteiger partial charge is 0.237 e. The van der Waals surface area contributed by atoms with Crippen LogP contribution >= 0.6 is 0 Å². The van der Waals surface area contributed by atoms with Gasteiger partial charge in [-0.2, -0.15) is 0 Å². The lowest BCUT2D eigenvalue weighted by Gasteiger charge is -2.16. The van der Waals surface area contributed by atoms with Gasteiger partial charge in [-0.3, -0.25) is 9.59 Å². The first kappa shape index (κ1) is 13.9. The molecule has 0 aromatic heterocycles. The Labute approximate surface area is 89.0 Å². The standard InChI is InChI=1S/C9H19N3O3/c1-5(2)7(13)4-12-9(15)6(10)3-8(11)14/h5-7,13H,3-4,10H2,1-2H3,(H2,11,14)(H,12,15). The zero-order valence-corrected chi connectivity index (χ0v) is 9.06. The molecule has 2 atom stereocenters. The number of amides is 2. The maximum atomic E-state index is 11.3. The fourth-order valence-corrected chi connectivity index (χ4v) is 0.881. The lowest BCUT2D eigenvalue weighted by atomic mass is 10.1. The van der Waals surface area contributed by atoms with E-state index >= 15 is 0 Å². The predicted octanol–water partition coefficient (Wildman–Crippen LogP) is -1.68. The minimum absolute atomic E-state index is 0.0534. The summed E-state index contributed by atoms with van der Waals surface area (Å²) in [5.41, 5.74) is 10.3. The molecule has 0 heterocycles. The summed E-state index contributed by atoms with van der Waals surface area (Å²) in [6.07, 6.45) is -0.807. The van der Waals surface area contributed by atoms with Gasteiger partial charge in [0, 0.05) is 6.54 Å². The van der Waals surface area contributed by atoms with Crippen LogP contribution in [-0.4, -0.2) is 35.6 Å². The first-order valence-corrected chi connectivity index (χ1v) is 4.84. The highest BCUT2D eigenvalue weighted by Crippen LogP contribution is 1.99. The molecule has 0 aliphatic carbocycles. The molecule has 6 N–H and O–H groups in total. The van der Waals surface area contributed by atoms with Crippen LogP contribution < -0.4 is 16.8 Å². The van der Waals surface area contributed by atoms with Gasteiger partial charge >= 0.3 is 0 Å². The lowest BCUT2D eigenvalue weighted by Crippen LogP contribution is -2.45. The Morgan fingerprint density at radius 3 is 2.33 bits per heavy atom. The minimum atomic E-state index is -0.943. The Morgan fingerprint density at radius 1 is 1.40 bits per heavy atom. The zero-order valence-electron chi connectivity index (χ0n) is 9.06. The van der Waals surface area contributed by atoms with E-state index in [0.717, 1.165) is 0 Å². The van der Waals surface area contributed by atoms with E-state index in [2.05, 4.69) is 5.32 Å². The van der Waals surface area contributed by atoms with Gasteiger partial charge in [-0.15, -0.1) is 0 Å². The summed E-state index contributed by atoms with van der Waals surface area (Å²) < 4.78 is 0. The van der Waals surface area contributed by atoms with Gasteiger partial charge in [0.15, 0.2) is 0 Å². The van der Waals surface area contributed by atoms with E-state index in [0.29, 0.717) is 0 Å². The summed E-state index contributed by atoms with van der Waals surface area (Å²) in [5, 5.41) is 11.8. The molecule has 15 heavy (non-hydrogen) atoms. The van der Waals surface area contributed by atoms with Crippen molar-refractivity contribution in [3.05, 3.63) is 0 Å². The molecule has 6 nitrogen and oxygen atoms in total. The van der Waals surface area contributed by atoms with Crippen molar-refractivity contribution < 1.29 is 14.7 Å². The predicted molar refractivity (Wildman–Crippen MR) is 55.6 cm³/mol. The molecular formula is C9H19N3O3. The van der Waals surface area contributed by atoms with Crippen LogP contribution in [0.5, 0.6) is 0 Å². The van der Waals surface area contributed by atoms with Gasteiger partial charge in [0.2, 0.25) is 11.8 Å². The van der Waals surface area contributed by atoms with Gasteiger partial charge in [0.05, 0.1) is 18.6 Å². The average molecular weight is 217 g/mol. The van der Waals surface area contributed by atoms with Gasteiger partial charge in [-0.25, -0.2) is 0 Å². The molecule has 6 heteroatoms. The maximum absolute atomic E-state index is 11.3. The normalized spacial score (nSPS) is 14.7. The van der Waals surface area contributed by atoms with Crippen LogP contribution in [0, 0.1) is 5.92 Å². The van der Waals surface area contributed by atoms with Gasteiger partial charge in [-0.05, 0) is 5.92 Å². The number of nitrogens with two attached hydrogens (primary N) is 2. The van der Waals surface area contributed by atoms with Gasteiger partial charge < -0.3 is 21.9 Å². The number of carbonyl (C=O) groups is 2. The quantitative estimate of drug-likeness (QED) is 0.425. The van der Waals surface area contributed by atoms with Gasteiger partial charge in [-0.1, -0.05) is 13.8 Å². The summed E-state index contributed by atoms with van der Waals surface area (Å²) in [7, 11) is 0. The summed E-state index contributed by atoms with van der Waals surface area (Å²) >= 11 is 0. The van der Waals surface area contributed by atoms with E-state index < -0.39 is 24.0 Å². The molecule has 0 radical (unpaired) electrons. The fraction of sp³-hybridized carbons (Fsp3) is 0.778. The molecule has 0 aromatic carbocycles. The Bertz CT molecular complexity index is 231. The number of primary amides is 1. The number of rotatable bonds is 6. The number of hydrogen-bond acceptors (Lipinski definition) is 4. The van der Waals surface area contributed by atoms with Crippen LogP contribution in [0.4, 0.5) is 0 Å². The highest BCUT2D eigenvalue weighted by Gasteiger charge is 2.17.